The number of likely N-dealkylation sites (tertiary alicyclic amines) is 1. The van der Waals surface area contributed by atoms with Crippen LogP contribution in [0, 0.1) is 5.92 Å². The van der Waals surface area contributed by atoms with E-state index in [1.54, 1.807) is 7.11 Å². The number of anilines is 1. The lowest BCUT2D eigenvalue weighted by atomic mass is 9.96. The van der Waals surface area contributed by atoms with Crippen molar-refractivity contribution in [3.8, 4) is 5.75 Å². The monoisotopic (exact) mass is 275 g/mol. The first kappa shape index (κ1) is 13.4. The molecular formula is C15H21N3O2. The van der Waals surface area contributed by atoms with Crippen LogP contribution < -0.4 is 15.8 Å². The Balaban J connectivity index is 2.01. The van der Waals surface area contributed by atoms with Crippen LogP contribution in [0.15, 0.2) is 12.1 Å². The molecule has 0 radical (unpaired) electrons. The third kappa shape index (κ3) is 2.17. The molecule has 5 nitrogen and oxygen atoms in total. The van der Waals surface area contributed by atoms with E-state index in [0.717, 1.165) is 35.5 Å². The number of nitrogens with two attached hydrogens (primary N) is 1. The number of rotatable bonds is 3. The first-order valence-corrected chi connectivity index (χ1v) is 7.03. The number of carbonyl (C=O) groups is 1. The number of fused-ring (bicyclic) bond motifs is 1. The number of amides is 1. The van der Waals surface area contributed by atoms with Crippen molar-refractivity contribution < 1.29 is 9.53 Å². The summed E-state index contributed by atoms with van der Waals surface area (Å²) in [6.07, 6.45) is 1.47. The molecule has 0 aliphatic carbocycles. The Morgan fingerprint density at radius 3 is 2.95 bits per heavy atom. The molecule has 108 valence electrons. The van der Waals surface area contributed by atoms with Crippen LogP contribution >= 0.6 is 0 Å². The highest BCUT2D eigenvalue weighted by molar-refractivity contribution is 6.00. The van der Waals surface area contributed by atoms with Crippen LogP contribution in [0.3, 0.4) is 0 Å². The summed E-state index contributed by atoms with van der Waals surface area (Å²) in [5.74, 6) is 1.40. The van der Waals surface area contributed by atoms with Crippen molar-refractivity contribution in [3.63, 3.8) is 0 Å². The zero-order valence-corrected chi connectivity index (χ0v) is 12.0. The third-order valence-electron chi connectivity index (χ3n) is 4.40. The molecule has 1 saturated heterocycles. The second-order valence-electron chi connectivity index (χ2n) is 5.77. The molecule has 1 amide bonds. The Bertz CT molecular complexity index is 544. The van der Waals surface area contributed by atoms with E-state index in [1.807, 2.05) is 12.1 Å². The fourth-order valence-corrected chi connectivity index (χ4v) is 3.37. The van der Waals surface area contributed by atoms with Crippen molar-refractivity contribution in [2.75, 3.05) is 32.6 Å². The smallest absolute Gasteiger partial charge is 0.228 e. The summed E-state index contributed by atoms with van der Waals surface area (Å²) in [5.41, 5.74) is 8.98. The lowest BCUT2D eigenvalue weighted by molar-refractivity contribution is -0.115. The van der Waals surface area contributed by atoms with Gasteiger partial charge in [-0.15, -0.1) is 0 Å². The number of benzene rings is 1. The molecule has 0 saturated carbocycles. The van der Waals surface area contributed by atoms with Gasteiger partial charge in [-0.25, -0.2) is 0 Å². The second kappa shape index (κ2) is 5.07. The van der Waals surface area contributed by atoms with Crippen molar-refractivity contribution in [2.45, 2.75) is 18.9 Å². The predicted molar refractivity (Wildman–Crippen MR) is 77.9 cm³/mol. The molecule has 0 spiro atoms. The number of hydrogen-bond donors (Lipinski definition) is 2. The summed E-state index contributed by atoms with van der Waals surface area (Å²) in [4.78, 5) is 14.0. The van der Waals surface area contributed by atoms with Crippen molar-refractivity contribution >= 4 is 11.6 Å². The van der Waals surface area contributed by atoms with Gasteiger partial charge in [0.1, 0.15) is 5.75 Å². The molecule has 0 aromatic heterocycles. The van der Waals surface area contributed by atoms with Gasteiger partial charge in [-0.3, -0.25) is 9.69 Å². The van der Waals surface area contributed by atoms with Crippen molar-refractivity contribution in [1.82, 2.24) is 4.90 Å². The van der Waals surface area contributed by atoms with Gasteiger partial charge in [0.2, 0.25) is 5.91 Å². The van der Waals surface area contributed by atoms with Gasteiger partial charge in [-0.05, 0) is 49.2 Å². The van der Waals surface area contributed by atoms with Gasteiger partial charge < -0.3 is 15.8 Å². The number of nitrogens with one attached hydrogen (secondary N) is 1. The maximum Gasteiger partial charge on any atom is 0.228 e. The highest BCUT2D eigenvalue weighted by atomic mass is 16.5. The van der Waals surface area contributed by atoms with E-state index in [9.17, 15) is 4.79 Å². The summed E-state index contributed by atoms with van der Waals surface area (Å²) in [5, 5.41) is 3.00. The fourth-order valence-electron chi connectivity index (χ4n) is 3.37. The van der Waals surface area contributed by atoms with E-state index in [4.69, 9.17) is 10.5 Å². The topological polar surface area (TPSA) is 67.6 Å². The predicted octanol–water partition coefficient (Wildman–Crippen LogP) is 1.14. The van der Waals surface area contributed by atoms with Crippen LogP contribution in [0.2, 0.25) is 0 Å². The number of methoxy groups -OCH3 is 1. The zero-order valence-electron chi connectivity index (χ0n) is 12.0. The van der Waals surface area contributed by atoms with Crippen LogP contribution in [0.5, 0.6) is 5.75 Å². The van der Waals surface area contributed by atoms with Gasteiger partial charge in [0.05, 0.1) is 13.5 Å². The maximum absolute atomic E-state index is 11.7. The van der Waals surface area contributed by atoms with Crippen LogP contribution in [0.25, 0.3) is 0 Å². The first-order chi connectivity index (χ1) is 9.62. The zero-order chi connectivity index (χ0) is 14.3. The molecule has 1 aromatic carbocycles. The van der Waals surface area contributed by atoms with Crippen LogP contribution in [-0.2, 0) is 11.2 Å². The molecule has 2 atom stereocenters. The van der Waals surface area contributed by atoms with Crippen LogP contribution in [0.1, 0.15) is 23.6 Å². The van der Waals surface area contributed by atoms with Gasteiger partial charge in [0.25, 0.3) is 0 Å². The maximum atomic E-state index is 11.7. The number of ether oxygens (including phenoxy) is 1. The summed E-state index contributed by atoms with van der Waals surface area (Å²) in [7, 11) is 3.78. The fraction of sp³-hybridized carbons (Fsp3) is 0.533. The first-order valence-electron chi connectivity index (χ1n) is 7.03. The third-order valence-corrected chi connectivity index (χ3v) is 4.40. The van der Waals surface area contributed by atoms with E-state index in [-0.39, 0.29) is 5.91 Å². The Labute approximate surface area is 119 Å². The Kier molecular flexibility index (Phi) is 3.40. The number of hydrogen-bond acceptors (Lipinski definition) is 4. The van der Waals surface area contributed by atoms with Gasteiger partial charge in [0, 0.05) is 18.3 Å². The largest absolute Gasteiger partial charge is 0.497 e. The highest BCUT2D eigenvalue weighted by Crippen LogP contribution is 2.42. The summed E-state index contributed by atoms with van der Waals surface area (Å²) in [6, 6.07) is 4.29. The van der Waals surface area contributed by atoms with E-state index in [0.29, 0.717) is 24.9 Å². The molecule has 1 aromatic rings. The van der Waals surface area contributed by atoms with Gasteiger partial charge in [-0.2, -0.15) is 0 Å². The quantitative estimate of drug-likeness (QED) is 0.868. The van der Waals surface area contributed by atoms with Gasteiger partial charge in [-0.1, -0.05) is 0 Å². The summed E-state index contributed by atoms with van der Waals surface area (Å²) >= 11 is 0. The minimum absolute atomic E-state index is 0.0607. The normalized spacial score (nSPS) is 25.6. The molecule has 5 heteroatoms. The second-order valence-corrected chi connectivity index (χ2v) is 5.77. The molecule has 2 aliphatic rings. The number of nitrogens with zero attached hydrogens (tertiary/aromatic N) is 1. The Hall–Kier alpha value is -1.59. The van der Waals surface area contributed by atoms with Crippen LogP contribution in [0.4, 0.5) is 5.69 Å². The molecule has 2 unspecified atom stereocenters. The van der Waals surface area contributed by atoms with Crippen molar-refractivity contribution in [1.29, 1.82) is 0 Å². The summed E-state index contributed by atoms with van der Waals surface area (Å²) in [6.45, 7) is 1.71. The molecule has 20 heavy (non-hydrogen) atoms. The van der Waals surface area contributed by atoms with E-state index in [1.165, 1.54) is 0 Å². The SMILES string of the molecule is COc1cc2c(c(C3CC(CN)CN3C)c1)NC(=O)C2. The Morgan fingerprint density at radius 2 is 2.30 bits per heavy atom. The van der Waals surface area contributed by atoms with E-state index >= 15 is 0 Å². The van der Waals surface area contributed by atoms with E-state index < -0.39 is 0 Å². The highest BCUT2D eigenvalue weighted by Gasteiger charge is 2.34. The van der Waals surface area contributed by atoms with Gasteiger partial charge >= 0.3 is 0 Å². The molecule has 2 heterocycles. The van der Waals surface area contributed by atoms with E-state index in [2.05, 4.69) is 17.3 Å². The van der Waals surface area contributed by atoms with Gasteiger partial charge in [0.15, 0.2) is 0 Å². The molecule has 3 rings (SSSR count). The lowest BCUT2D eigenvalue weighted by Crippen LogP contribution is -2.21. The lowest BCUT2D eigenvalue weighted by Gasteiger charge is -2.22. The minimum Gasteiger partial charge on any atom is -0.497 e. The van der Waals surface area contributed by atoms with Crippen molar-refractivity contribution in [2.24, 2.45) is 11.7 Å². The summed E-state index contributed by atoms with van der Waals surface area (Å²) < 4.78 is 5.38. The van der Waals surface area contributed by atoms with Crippen molar-refractivity contribution in [3.05, 3.63) is 23.3 Å². The molecule has 3 N–H and O–H groups in total. The molecule has 0 bridgehead atoms. The molecule has 2 aliphatic heterocycles. The Morgan fingerprint density at radius 1 is 1.50 bits per heavy atom. The average Bonchev–Trinajstić information content (AvgIpc) is 2.99. The standard InChI is InChI=1S/C15H21N3O2/c1-18-8-9(7-16)3-13(18)12-6-11(20-2)4-10-5-14(19)17-15(10)12/h4,6,9,13H,3,5,7-8,16H2,1-2H3,(H,17,19). The molecule has 1 fully saturated rings. The average molecular weight is 275 g/mol. The van der Waals surface area contributed by atoms with Crippen LogP contribution in [-0.4, -0.2) is 38.1 Å². The number of carbonyl (C=O) groups excluding carboxylic acids is 1. The molecular weight excluding hydrogens is 254 g/mol. The minimum atomic E-state index is 0.0607.